The third kappa shape index (κ3) is 16.2. The maximum absolute atomic E-state index is 5.39. The third-order valence-corrected chi connectivity index (χ3v) is 3.56. The lowest BCUT2D eigenvalue weighted by Gasteiger charge is -2.02. The molecule has 0 aliphatic rings. The fraction of sp³-hybridized carbons (Fsp3) is 1.00. The summed E-state index contributed by atoms with van der Waals surface area (Å²) in [5.74, 6) is 0. The molecule has 0 aromatic carbocycles. The Bertz CT molecular complexity index is 114. The van der Waals surface area contributed by atoms with Crippen molar-refractivity contribution in [3.63, 3.8) is 0 Å². The molecule has 2 heteroatoms. The fourth-order valence-electron chi connectivity index (χ4n) is 2.21. The second-order valence-electron chi connectivity index (χ2n) is 5.13. The highest BCUT2D eigenvalue weighted by molar-refractivity contribution is 6.13. The Morgan fingerprint density at radius 1 is 0.588 bits per heavy atom. The second kappa shape index (κ2) is 16.2. The van der Waals surface area contributed by atoms with E-state index in [1.165, 1.54) is 83.5 Å². The van der Waals surface area contributed by atoms with Gasteiger partial charge in [0.25, 0.3) is 0 Å². The van der Waals surface area contributed by atoms with E-state index in [4.69, 9.17) is 11.8 Å². The van der Waals surface area contributed by atoms with Gasteiger partial charge in [-0.3, -0.25) is 0 Å². The van der Waals surface area contributed by atoms with Crippen LogP contribution in [0.1, 0.15) is 90.4 Å². The molecule has 1 N–H and O–H groups in total. The second-order valence-corrected chi connectivity index (χ2v) is 5.39. The monoisotopic (exact) mass is 261 g/mol. The zero-order valence-electron chi connectivity index (χ0n) is 11.8. The van der Waals surface area contributed by atoms with E-state index >= 15 is 0 Å². The lowest BCUT2D eigenvalue weighted by atomic mass is 10.0. The number of nitrogens with one attached hydrogen (secondary N) is 1. The molecule has 1 nitrogen and oxygen atoms in total. The van der Waals surface area contributed by atoms with Gasteiger partial charge in [0.1, 0.15) is 0 Å². The average Bonchev–Trinajstić information content (AvgIpc) is 2.35. The highest BCUT2D eigenvalue weighted by Crippen LogP contribution is 2.12. The summed E-state index contributed by atoms with van der Waals surface area (Å²) in [5, 5.41) is 0. The Labute approximate surface area is 114 Å². The first kappa shape index (κ1) is 17.2. The van der Waals surface area contributed by atoms with Crippen LogP contribution in [0.15, 0.2) is 0 Å². The van der Waals surface area contributed by atoms with E-state index in [0.29, 0.717) is 0 Å². The van der Waals surface area contributed by atoms with E-state index in [1.807, 2.05) is 0 Å². The summed E-state index contributed by atoms with van der Waals surface area (Å²) in [4.78, 5) is 2.68. The summed E-state index contributed by atoms with van der Waals surface area (Å²) in [5.41, 5.74) is 0. The first-order valence-corrected chi connectivity index (χ1v) is 8.13. The third-order valence-electron chi connectivity index (χ3n) is 3.37. The molecular weight excluding hydrogens is 230 g/mol. The molecule has 0 aliphatic carbocycles. The van der Waals surface area contributed by atoms with Gasteiger partial charge in [0, 0.05) is 6.54 Å². The van der Waals surface area contributed by atoms with Gasteiger partial charge >= 0.3 is 0 Å². The standard InChI is InChI=1S/C15H32ClN/c1-2-3-4-5-6-7-8-9-10-11-12-13-14-15-17-16/h17H,2-15H2,1H3. The maximum Gasteiger partial charge on any atom is 0.0108 e. The molecule has 0 unspecified atom stereocenters. The van der Waals surface area contributed by atoms with Crippen molar-refractivity contribution < 1.29 is 0 Å². The minimum absolute atomic E-state index is 0.958. The Morgan fingerprint density at radius 3 is 1.29 bits per heavy atom. The molecule has 0 heterocycles. The molecule has 0 aromatic heterocycles. The van der Waals surface area contributed by atoms with Gasteiger partial charge in [-0.15, -0.1) is 0 Å². The highest BCUT2D eigenvalue weighted by atomic mass is 35.5. The Morgan fingerprint density at radius 2 is 0.941 bits per heavy atom. The van der Waals surface area contributed by atoms with Crippen LogP contribution in [-0.4, -0.2) is 6.54 Å². The van der Waals surface area contributed by atoms with Crippen LogP contribution in [0.25, 0.3) is 0 Å². The minimum Gasteiger partial charge on any atom is -0.234 e. The van der Waals surface area contributed by atoms with Gasteiger partial charge in [0.05, 0.1) is 0 Å². The molecule has 0 saturated carbocycles. The number of hydrogen-bond acceptors (Lipinski definition) is 1. The van der Waals surface area contributed by atoms with Crippen molar-refractivity contribution in [1.29, 1.82) is 0 Å². The zero-order chi connectivity index (χ0) is 12.6. The quantitative estimate of drug-likeness (QED) is 0.307. The van der Waals surface area contributed by atoms with Gasteiger partial charge in [-0.1, -0.05) is 84.0 Å². The number of unbranched alkanes of at least 4 members (excludes halogenated alkanes) is 12. The van der Waals surface area contributed by atoms with Gasteiger partial charge < -0.3 is 0 Å². The molecule has 0 aliphatic heterocycles. The molecule has 0 rings (SSSR count). The summed E-state index contributed by atoms with van der Waals surface area (Å²) in [6, 6.07) is 0. The summed E-state index contributed by atoms with van der Waals surface area (Å²) >= 11 is 5.39. The van der Waals surface area contributed by atoms with E-state index in [0.717, 1.165) is 6.54 Å². The summed E-state index contributed by atoms with van der Waals surface area (Å²) in [7, 11) is 0. The minimum atomic E-state index is 0.958. The van der Waals surface area contributed by atoms with E-state index in [9.17, 15) is 0 Å². The molecule has 0 fully saturated rings. The molecule has 0 bridgehead atoms. The normalized spacial score (nSPS) is 10.9. The van der Waals surface area contributed by atoms with Crippen LogP contribution in [0.5, 0.6) is 0 Å². The van der Waals surface area contributed by atoms with Crippen molar-refractivity contribution in [2.24, 2.45) is 0 Å². The number of hydrogen-bond donors (Lipinski definition) is 1. The number of halogens is 1. The molecule has 0 radical (unpaired) electrons. The Balaban J connectivity index is 2.85. The maximum atomic E-state index is 5.39. The van der Waals surface area contributed by atoms with Gasteiger partial charge in [-0.25, -0.2) is 4.84 Å². The van der Waals surface area contributed by atoms with Crippen molar-refractivity contribution >= 4 is 11.8 Å². The average molecular weight is 262 g/mol. The van der Waals surface area contributed by atoms with Gasteiger partial charge in [0.2, 0.25) is 0 Å². The lowest BCUT2D eigenvalue weighted by molar-refractivity contribution is 0.539. The molecule has 17 heavy (non-hydrogen) atoms. The van der Waals surface area contributed by atoms with Crippen molar-refractivity contribution in [2.75, 3.05) is 6.54 Å². The SMILES string of the molecule is CCCCCCCCCCCCCCCNCl. The predicted molar refractivity (Wildman–Crippen MR) is 79.6 cm³/mol. The summed E-state index contributed by atoms with van der Waals surface area (Å²) in [6.07, 6.45) is 18.3. The lowest BCUT2D eigenvalue weighted by Crippen LogP contribution is -1.99. The van der Waals surface area contributed by atoms with E-state index in [1.54, 1.807) is 0 Å². The predicted octanol–water partition coefficient (Wildman–Crippen LogP) is 5.82. The molecule has 104 valence electrons. The van der Waals surface area contributed by atoms with Gasteiger partial charge in [-0.05, 0) is 18.2 Å². The van der Waals surface area contributed by atoms with Crippen LogP contribution in [0, 0.1) is 0 Å². The molecule has 0 spiro atoms. The van der Waals surface area contributed by atoms with E-state index in [2.05, 4.69) is 11.8 Å². The molecule has 0 saturated heterocycles. The van der Waals surface area contributed by atoms with Crippen LogP contribution in [0.3, 0.4) is 0 Å². The smallest absolute Gasteiger partial charge is 0.0108 e. The van der Waals surface area contributed by atoms with E-state index < -0.39 is 0 Å². The van der Waals surface area contributed by atoms with Crippen LogP contribution in [0.2, 0.25) is 0 Å². The molecular formula is C15H32ClN. The Hall–Kier alpha value is 0.250. The van der Waals surface area contributed by atoms with Crippen LogP contribution >= 0.6 is 11.8 Å². The topological polar surface area (TPSA) is 12.0 Å². The van der Waals surface area contributed by atoms with Crippen LogP contribution < -0.4 is 4.84 Å². The van der Waals surface area contributed by atoms with Crippen molar-refractivity contribution in [2.45, 2.75) is 90.4 Å². The van der Waals surface area contributed by atoms with Crippen molar-refractivity contribution in [3.05, 3.63) is 0 Å². The largest absolute Gasteiger partial charge is 0.234 e. The molecule has 0 amide bonds. The first-order valence-electron chi connectivity index (χ1n) is 7.75. The number of rotatable bonds is 14. The highest BCUT2D eigenvalue weighted by Gasteiger charge is 1.93. The van der Waals surface area contributed by atoms with Crippen molar-refractivity contribution in [1.82, 2.24) is 4.84 Å². The zero-order valence-corrected chi connectivity index (χ0v) is 12.5. The van der Waals surface area contributed by atoms with Crippen LogP contribution in [-0.2, 0) is 0 Å². The molecule has 0 atom stereocenters. The van der Waals surface area contributed by atoms with E-state index in [-0.39, 0.29) is 0 Å². The summed E-state index contributed by atoms with van der Waals surface area (Å²) in [6.45, 7) is 3.24. The van der Waals surface area contributed by atoms with Gasteiger partial charge in [0.15, 0.2) is 0 Å². The fourth-order valence-corrected chi connectivity index (χ4v) is 2.34. The Kier molecular flexibility index (Phi) is 16.5. The molecule has 0 aromatic rings. The van der Waals surface area contributed by atoms with Crippen LogP contribution in [0.4, 0.5) is 0 Å². The van der Waals surface area contributed by atoms with Gasteiger partial charge in [-0.2, -0.15) is 0 Å². The first-order chi connectivity index (χ1) is 8.41. The summed E-state index contributed by atoms with van der Waals surface area (Å²) < 4.78 is 0. The van der Waals surface area contributed by atoms with Crippen molar-refractivity contribution in [3.8, 4) is 0 Å².